The Bertz CT molecular complexity index is 636. The summed E-state index contributed by atoms with van der Waals surface area (Å²) in [5.74, 6) is 1.09. The molecule has 4 rings (SSSR count). The summed E-state index contributed by atoms with van der Waals surface area (Å²) >= 11 is 0. The van der Waals surface area contributed by atoms with E-state index in [-0.39, 0.29) is 17.1 Å². The lowest BCUT2D eigenvalue weighted by molar-refractivity contribution is 0.0180. The van der Waals surface area contributed by atoms with Crippen molar-refractivity contribution in [2.24, 2.45) is 17.3 Å². The largest absolute Gasteiger partial charge is 0.381 e. The van der Waals surface area contributed by atoms with Gasteiger partial charge in [-0.25, -0.2) is 4.39 Å². The quantitative estimate of drug-likeness (QED) is 0.809. The Hall–Kier alpha value is -1.46. The maximum absolute atomic E-state index is 13.1. The van der Waals surface area contributed by atoms with Crippen LogP contribution in [0.25, 0.3) is 0 Å². The lowest BCUT2D eigenvalue weighted by atomic mass is 9.71. The highest BCUT2D eigenvalue weighted by atomic mass is 19.1. The highest BCUT2D eigenvalue weighted by molar-refractivity contribution is 5.94. The summed E-state index contributed by atoms with van der Waals surface area (Å²) < 4.78 is 19.1. The maximum atomic E-state index is 13.1. The fourth-order valence-corrected chi connectivity index (χ4v) is 4.69. The first-order valence-electron chi connectivity index (χ1n) is 9.87. The lowest BCUT2D eigenvalue weighted by Crippen LogP contribution is -2.47. The predicted molar refractivity (Wildman–Crippen MR) is 98.5 cm³/mol. The van der Waals surface area contributed by atoms with Gasteiger partial charge in [0.25, 0.3) is 5.91 Å². The van der Waals surface area contributed by atoms with Gasteiger partial charge in [0.05, 0.1) is 6.61 Å². The van der Waals surface area contributed by atoms with E-state index in [0.29, 0.717) is 11.5 Å². The van der Waals surface area contributed by atoms with Gasteiger partial charge in [-0.15, -0.1) is 0 Å². The number of nitrogens with zero attached hydrogens (tertiary/aromatic N) is 2. The average molecular weight is 360 g/mol. The smallest absolute Gasteiger partial charge is 0.253 e. The van der Waals surface area contributed by atoms with Crippen molar-refractivity contribution in [3.63, 3.8) is 0 Å². The zero-order valence-corrected chi connectivity index (χ0v) is 15.6. The van der Waals surface area contributed by atoms with E-state index in [4.69, 9.17) is 4.74 Å². The number of hydrogen-bond donors (Lipinski definition) is 0. The third-order valence-electron chi connectivity index (χ3n) is 6.49. The van der Waals surface area contributed by atoms with E-state index in [1.807, 2.05) is 4.90 Å². The van der Waals surface area contributed by atoms with E-state index >= 15 is 0 Å². The lowest BCUT2D eigenvalue weighted by Gasteiger charge is -2.42. The molecule has 1 amide bonds. The van der Waals surface area contributed by atoms with Gasteiger partial charge in [0, 0.05) is 44.3 Å². The summed E-state index contributed by atoms with van der Waals surface area (Å²) in [5.41, 5.74) is 0.855. The molecule has 0 bridgehead atoms. The van der Waals surface area contributed by atoms with Crippen LogP contribution >= 0.6 is 0 Å². The molecule has 0 radical (unpaired) electrons. The molecule has 0 unspecified atom stereocenters. The SMILES string of the molecule is CN1C[C@@H](COCC2CC2)C2(CCN(C(=O)c3ccc(F)cc3)CC2)C1. The van der Waals surface area contributed by atoms with Crippen LogP contribution in [-0.4, -0.2) is 62.1 Å². The number of likely N-dealkylation sites (tertiary alicyclic amines) is 2. The summed E-state index contributed by atoms with van der Waals surface area (Å²) in [5, 5.41) is 0. The number of benzene rings is 1. The normalized spacial score (nSPS) is 25.8. The van der Waals surface area contributed by atoms with Crippen molar-refractivity contribution < 1.29 is 13.9 Å². The van der Waals surface area contributed by atoms with Crippen LogP contribution < -0.4 is 0 Å². The zero-order valence-electron chi connectivity index (χ0n) is 15.6. The van der Waals surface area contributed by atoms with Gasteiger partial charge in [-0.1, -0.05) is 0 Å². The van der Waals surface area contributed by atoms with Crippen molar-refractivity contribution in [2.75, 3.05) is 46.4 Å². The maximum Gasteiger partial charge on any atom is 0.253 e. The molecule has 4 nitrogen and oxygen atoms in total. The predicted octanol–water partition coefficient (Wildman–Crippen LogP) is 3.04. The van der Waals surface area contributed by atoms with Gasteiger partial charge >= 0.3 is 0 Å². The van der Waals surface area contributed by atoms with Crippen molar-refractivity contribution >= 4 is 5.91 Å². The molecule has 5 heteroatoms. The molecule has 1 spiro atoms. The van der Waals surface area contributed by atoms with E-state index in [1.54, 1.807) is 12.1 Å². The third kappa shape index (κ3) is 3.79. The summed E-state index contributed by atoms with van der Waals surface area (Å²) in [6.45, 7) is 5.53. The Morgan fingerprint density at radius 1 is 1.19 bits per heavy atom. The summed E-state index contributed by atoms with van der Waals surface area (Å²) in [6.07, 6.45) is 4.72. The first-order valence-corrected chi connectivity index (χ1v) is 9.87. The van der Waals surface area contributed by atoms with Crippen LogP contribution in [0.5, 0.6) is 0 Å². The Morgan fingerprint density at radius 3 is 2.54 bits per heavy atom. The second kappa shape index (κ2) is 7.28. The number of carbonyl (C=O) groups is 1. The van der Waals surface area contributed by atoms with E-state index < -0.39 is 0 Å². The minimum Gasteiger partial charge on any atom is -0.381 e. The number of piperidine rings is 1. The number of halogens is 1. The number of ether oxygens (including phenoxy) is 1. The van der Waals surface area contributed by atoms with Crippen LogP contribution in [0.1, 0.15) is 36.0 Å². The number of carbonyl (C=O) groups excluding carboxylic acids is 1. The van der Waals surface area contributed by atoms with Crippen LogP contribution in [0.15, 0.2) is 24.3 Å². The van der Waals surface area contributed by atoms with Crippen molar-refractivity contribution in [1.82, 2.24) is 9.80 Å². The summed E-state index contributed by atoms with van der Waals surface area (Å²) in [4.78, 5) is 17.0. The van der Waals surface area contributed by atoms with Crippen molar-refractivity contribution in [1.29, 1.82) is 0 Å². The van der Waals surface area contributed by atoms with Gasteiger partial charge < -0.3 is 14.5 Å². The first kappa shape index (κ1) is 17.9. The van der Waals surface area contributed by atoms with Crippen LogP contribution in [-0.2, 0) is 4.74 Å². The van der Waals surface area contributed by atoms with Crippen molar-refractivity contribution in [3.05, 3.63) is 35.6 Å². The van der Waals surface area contributed by atoms with Crippen LogP contribution in [0.3, 0.4) is 0 Å². The van der Waals surface area contributed by atoms with E-state index in [9.17, 15) is 9.18 Å². The Morgan fingerprint density at radius 2 is 1.88 bits per heavy atom. The molecule has 142 valence electrons. The monoisotopic (exact) mass is 360 g/mol. The van der Waals surface area contributed by atoms with Gasteiger partial charge in [0.2, 0.25) is 0 Å². The second-order valence-electron chi connectivity index (χ2n) is 8.54. The van der Waals surface area contributed by atoms with Crippen molar-refractivity contribution in [2.45, 2.75) is 25.7 Å². The van der Waals surface area contributed by atoms with Crippen molar-refractivity contribution in [3.8, 4) is 0 Å². The molecular weight excluding hydrogens is 331 g/mol. The van der Waals surface area contributed by atoms with E-state index in [1.165, 1.54) is 25.0 Å². The van der Waals surface area contributed by atoms with E-state index in [2.05, 4.69) is 11.9 Å². The fourth-order valence-electron chi connectivity index (χ4n) is 4.69. The van der Waals surface area contributed by atoms with Crippen LogP contribution in [0.4, 0.5) is 4.39 Å². The molecule has 1 aromatic carbocycles. The molecule has 26 heavy (non-hydrogen) atoms. The molecule has 1 atom stereocenters. The topological polar surface area (TPSA) is 32.8 Å². The van der Waals surface area contributed by atoms with Gasteiger partial charge in [0.15, 0.2) is 0 Å². The number of amides is 1. The number of hydrogen-bond acceptors (Lipinski definition) is 3. The van der Waals surface area contributed by atoms with Gasteiger partial charge in [-0.2, -0.15) is 0 Å². The first-order chi connectivity index (χ1) is 12.6. The summed E-state index contributed by atoms with van der Waals surface area (Å²) in [7, 11) is 2.19. The minimum absolute atomic E-state index is 0.0211. The second-order valence-corrected chi connectivity index (χ2v) is 8.54. The molecule has 0 N–H and O–H groups in total. The standard InChI is InChI=1S/C21H29FN2O2/c1-23-12-18(14-26-13-16-2-3-16)21(15-23)8-10-24(11-9-21)20(25)17-4-6-19(22)7-5-17/h4-7,16,18H,2-3,8-15H2,1H3/t18-/m0/s1. The van der Waals surface area contributed by atoms with Gasteiger partial charge in [-0.3, -0.25) is 4.79 Å². The highest BCUT2D eigenvalue weighted by Crippen LogP contribution is 2.44. The Labute approximate surface area is 155 Å². The average Bonchev–Trinajstić information content (AvgIpc) is 3.41. The Balaban J connectivity index is 1.35. The molecule has 2 heterocycles. The third-order valence-corrected chi connectivity index (χ3v) is 6.49. The molecule has 0 aromatic heterocycles. The van der Waals surface area contributed by atoms with Crippen LogP contribution in [0, 0.1) is 23.1 Å². The Kier molecular flexibility index (Phi) is 5.02. The molecule has 3 aliphatic rings. The van der Waals surface area contributed by atoms with E-state index in [0.717, 1.165) is 58.2 Å². The fraction of sp³-hybridized carbons (Fsp3) is 0.667. The zero-order chi connectivity index (χ0) is 18.1. The molecule has 2 saturated heterocycles. The number of rotatable bonds is 5. The molecule has 1 aromatic rings. The summed E-state index contributed by atoms with van der Waals surface area (Å²) in [6, 6.07) is 5.88. The molecular formula is C21H29FN2O2. The van der Waals surface area contributed by atoms with Gasteiger partial charge in [-0.05, 0) is 68.3 Å². The molecule has 3 fully saturated rings. The minimum atomic E-state index is -0.304. The highest BCUT2D eigenvalue weighted by Gasteiger charge is 2.47. The van der Waals surface area contributed by atoms with Gasteiger partial charge in [0.1, 0.15) is 5.82 Å². The van der Waals surface area contributed by atoms with Crippen LogP contribution in [0.2, 0.25) is 0 Å². The molecule has 1 aliphatic carbocycles. The molecule has 1 saturated carbocycles. The molecule has 2 aliphatic heterocycles.